The van der Waals surface area contributed by atoms with Crippen molar-refractivity contribution in [3.8, 4) is 0 Å². The molecule has 2 rings (SSSR count). The first-order chi connectivity index (χ1) is 10.8. The summed E-state index contributed by atoms with van der Waals surface area (Å²) in [6.45, 7) is 1.58. The number of nitrogens with one attached hydrogen (secondary N) is 1. The Kier molecular flexibility index (Phi) is 4.65. The number of anilines is 1. The Bertz CT molecular complexity index is 846. The molecule has 0 aliphatic rings. The summed E-state index contributed by atoms with van der Waals surface area (Å²) in [5.41, 5.74) is 0.596. The second-order valence-corrected chi connectivity index (χ2v) is 6.30. The van der Waals surface area contributed by atoms with Crippen LogP contribution in [0.25, 0.3) is 0 Å². The molecule has 2 aromatic rings. The lowest BCUT2D eigenvalue weighted by molar-refractivity contribution is 0.0600. The molecule has 0 fully saturated rings. The molecular formula is C15H13F2NO4S. The van der Waals surface area contributed by atoms with Crippen molar-refractivity contribution in [3.63, 3.8) is 0 Å². The summed E-state index contributed by atoms with van der Waals surface area (Å²) in [6, 6.07) is 6.92. The Morgan fingerprint density at radius 3 is 2.30 bits per heavy atom. The van der Waals surface area contributed by atoms with Crippen LogP contribution in [0.1, 0.15) is 15.9 Å². The van der Waals surface area contributed by atoms with E-state index in [0.29, 0.717) is 5.56 Å². The predicted octanol–water partition coefficient (Wildman–Crippen LogP) is 2.86. The van der Waals surface area contributed by atoms with Crippen molar-refractivity contribution >= 4 is 21.7 Å². The van der Waals surface area contributed by atoms with E-state index in [9.17, 15) is 22.0 Å². The summed E-state index contributed by atoms with van der Waals surface area (Å²) in [6.07, 6.45) is 0. The minimum atomic E-state index is -4.50. The maximum atomic E-state index is 13.7. The molecule has 0 spiro atoms. The van der Waals surface area contributed by atoms with E-state index in [4.69, 9.17) is 0 Å². The zero-order valence-corrected chi connectivity index (χ0v) is 13.1. The molecule has 0 aliphatic heterocycles. The monoisotopic (exact) mass is 341 g/mol. The summed E-state index contributed by atoms with van der Waals surface area (Å²) in [5, 5.41) is 0. The topological polar surface area (TPSA) is 72.5 Å². The molecule has 0 saturated heterocycles. The molecule has 0 aromatic heterocycles. The van der Waals surface area contributed by atoms with E-state index in [1.54, 1.807) is 6.92 Å². The van der Waals surface area contributed by atoms with E-state index in [1.165, 1.54) is 25.3 Å². The fourth-order valence-corrected chi connectivity index (χ4v) is 3.17. The highest BCUT2D eigenvalue weighted by Crippen LogP contribution is 2.24. The fourth-order valence-electron chi connectivity index (χ4n) is 1.91. The van der Waals surface area contributed by atoms with Crippen LogP contribution >= 0.6 is 0 Å². The fraction of sp³-hybridized carbons (Fsp3) is 0.133. The Hall–Kier alpha value is -2.48. The summed E-state index contributed by atoms with van der Waals surface area (Å²) < 4.78 is 58.5. The van der Waals surface area contributed by atoms with Gasteiger partial charge in [-0.2, -0.15) is 0 Å². The Morgan fingerprint density at radius 2 is 1.74 bits per heavy atom. The second-order valence-electron chi connectivity index (χ2n) is 4.68. The van der Waals surface area contributed by atoms with Crippen LogP contribution in [0, 0.1) is 18.6 Å². The van der Waals surface area contributed by atoms with Crippen LogP contribution in [0.3, 0.4) is 0 Å². The van der Waals surface area contributed by atoms with Crippen molar-refractivity contribution in [1.82, 2.24) is 0 Å². The molecule has 23 heavy (non-hydrogen) atoms. The lowest BCUT2D eigenvalue weighted by atomic mass is 10.1. The number of aryl methyl sites for hydroxylation is 1. The van der Waals surface area contributed by atoms with Gasteiger partial charge in [-0.05, 0) is 36.8 Å². The zero-order valence-electron chi connectivity index (χ0n) is 12.3. The SMILES string of the molecule is COC(=O)c1ccc(C)c(NS(=O)(=O)c2c(F)cccc2F)c1. The molecule has 0 heterocycles. The van der Waals surface area contributed by atoms with Crippen molar-refractivity contribution in [2.24, 2.45) is 0 Å². The van der Waals surface area contributed by atoms with Crippen molar-refractivity contribution < 1.29 is 26.7 Å². The summed E-state index contributed by atoms with van der Waals surface area (Å²) in [5.74, 6) is -3.08. The first-order valence-electron chi connectivity index (χ1n) is 6.42. The van der Waals surface area contributed by atoms with Gasteiger partial charge in [0, 0.05) is 0 Å². The maximum absolute atomic E-state index is 13.7. The molecule has 122 valence electrons. The molecule has 1 N–H and O–H groups in total. The van der Waals surface area contributed by atoms with Crippen LogP contribution in [0.15, 0.2) is 41.3 Å². The third-order valence-electron chi connectivity index (χ3n) is 3.09. The highest BCUT2D eigenvalue weighted by atomic mass is 32.2. The largest absolute Gasteiger partial charge is 0.465 e. The number of hydrogen-bond acceptors (Lipinski definition) is 4. The van der Waals surface area contributed by atoms with Crippen LogP contribution < -0.4 is 4.72 Å². The number of sulfonamides is 1. The number of carbonyl (C=O) groups excluding carboxylic acids is 1. The number of hydrogen-bond donors (Lipinski definition) is 1. The average molecular weight is 341 g/mol. The molecule has 0 atom stereocenters. The third kappa shape index (κ3) is 3.48. The van der Waals surface area contributed by atoms with E-state index in [1.807, 2.05) is 0 Å². The van der Waals surface area contributed by atoms with E-state index >= 15 is 0 Å². The number of benzene rings is 2. The van der Waals surface area contributed by atoms with Gasteiger partial charge in [-0.25, -0.2) is 22.0 Å². The van der Waals surface area contributed by atoms with Crippen molar-refractivity contribution in [3.05, 3.63) is 59.2 Å². The van der Waals surface area contributed by atoms with E-state index in [2.05, 4.69) is 9.46 Å². The van der Waals surface area contributed by atoms with Gasteiger partial charge < -0.3 is 4.74 Å². The minimum absolute atomic E-state index is 0.0237. The van der Waals surface area contributed by atoms with Crippen LogP contribution in [-0.2, 0) is 14.8 Å². The van der Waals surface area contributed by atoms with Crippen molar-refractivity contribution in [2.45, 2.75) is 11.8 Å². The first kappa shape index (κ1) is 16.9. The Balaban J connectivity index is 2.47. The Morgan fingerprint density at radius 1 is 1.13 bits per heavy atom. The quantitative estimate of drug-likeness (QED) is 0.868. The molecule has 5 nitrogen and oxygen atoms in total. The normalized spacial score (nSPS) is 11.1. The summed E-state index contributed by atoms with van der Waals surface area (Å²) in [4.78, 5) is 10.4. The molecular weight excluding hydrogens is 328 g/mol. The zero-order chi connectivity index (χ0) is 17.2. The predicted molar refractivity (Wildman–Crippen MR) is 79.7 cm³/mol. The molecule has 8 heteroatoms. The van der Waals surface area contributed by atoms with E-state index in [0.717, 1.165) is 18.2 Å². The number of esters is 1. The van der Waals surface area contributed by atoms with Gasteiger partial charge in [0.15, 0.2) is 4.90 Å². The van der Waals surface area contributed by atoms with Gasteiger partial charge in [-0.15, -0.1) is 0 Å². The van der Waals surface area contributed by atoms with Gasteiger partial charge in [-0.3, -0.25) is 4.72 Å². The number of carbonyl (C=O) groups is 1. The second kappa shape index (κ2) is 6.33. The number of rotatable bonds is 4. The van der Waals surface area contributed by atoms with Crippen LogP contribution in [0.4, 0.5) is 14.5 Å². The third-order valence-corrected chi connectivity index (χ3v) is 4.51. The summed E-state index contributed by atoms with van der Waals surface area (Å²) >= 11 is 0. The van der Waals surface area contributed by atoms with Crippen molar-refractivity contribution in [2.75, 3.05) is 11.8 Å². The molecule has 0 amide bonds. The molecule has 0 saturated carbocycles. The van der Waals surface area contributed by atoms with Gasteiger partial charge in [0.25, 0.3) is 10.0 Å². The van der Waals surface area contributed by atoms with Gasteiger partial charge in [0.2, 0.25) is 0 Å². The smallest absolute Gasteiger partial charge is 0.337 e. The Labute approximate surface area is 132 Å². The number of methoxy groups -OCH3 is 1. The lowest BCUT2D eigenvalue weighted by Crippen LogP contribution is -2.17. The van der Waals surface area contributed by atoms with E-state index in [-0.39, 0.29) is 11.3 Å². The highest BCUT2D eigenvalue weighted by Gasteiger charge is 2.24. The minimum Gasteiger partial charge on any atom is -0.465 e. The standard InChI is InChI=1S/C15H13F2NO4S/c1-9-6-7-10(15(19)22-2)8-13(9)18-23(20,21)14-11(16)4-3-5-12(14)17/h3-8,18H,1-2H3. The van der Waals surface area contributed by atoms with Gasteiger partial charge in [0.1, 0.15) is 11.6 Å². The highest BCUT2D eigenvalue weighted by molar-refractivity contribution is 7.92. The van der Waals surface area contributed by atoms with Crippen LogP contribution in [0.5, 0.6) is 0 Å². The van der Waals surface area contributed by atoms with Gasteiger partial charge in [-0.1, -0.05) is 12.1 Å². The number of ether oxygens (including phenoxy) is 1. The lowest BCUT2D eigenvalue weighted by Gasteiger charge is -2.12. The van der Waals surface area contributed by atoms with Crippen LogP contribution in [-0.4, -0.2) is 21.5 Å². The average Bonchev–Trinajstić information content (AvgIpc) is 2.48. The first-order valence-corrected chi connectivity index (χ1v) is 7.90. The van der Waals surface area contributed by atoms with E-state index < -0.39 is 32.5 Å². The van der Waals surface area contributed by atoms with Gasteiger partial charge >= 0.3 is 5.97 Å². The molecule has 0 unspecified atom stereocenters. The molecule has 2 aromatic carbocycles. The maximum Gasteiger partial charge on any atom is 0.337 e. The molecule has 0 aliphatic carbocycles. The molecule has 0 bridgehead atoms. The van der Waals surface area contributed by atoms with Crippen LogP contribution in [0.2, 0.25) is 0 Å². The van der Waals surface area contributed by atoms with Crippen molar-refractivity contribution in [1.29, 1.82) is 0 Å². The number of halogens is 2. The molecule has 0 radical (unpaired) electrons. The van der Waals surface area contributed by atoms with Gasteiger partial charge in [0.05, 0.1) is 18.4 Å². The summed E-state index contributed by atoms with van der Waals surface area (Å²) in [7, 11) is -3.32.